The van der Waals surface area contributed by atoms with Crippen molar-refractivity contribution in [3.8, 4) is 0 Å². The number of aromatic nitrogens is 3. The van der Waals surface area contributed by atoms with E-state index in [1.807, 2.05) is 0 Å². The van der Waals surface area contributed by atoms with Crippen LogP contribution in [0.25, 0.3) is 0 Å². The third-order valence-electron chi connectivity index (χ3n) is 2.78. The van der Waals surface area contributed by atoms with Crippen LogP contribution in [0.1, 0.15) is 18.3 Å². The summed E-state index contributed by atoms with van der Waals surface area (Å²) in [4.78, 5) is 24.0. The molecule has 0 aromatic carbocycles. The highest BCUT2D eigenvalue weighted by Crippen LogP contribution is 2.28. The van der Waals surface area contributed by atoms with Gasteiger partial charge in [0.05, 0.1) is 12.7 Å². The smallest absolute Gasteiger partial charge is 0.394 e. The average molecular weight is 297 g/mol. The average Bonchev–Trinajstić information content (AvgIpc) is 2.68. The SMILES string of the molecule is O=c1[nH]c(=O)n(C2C[C@H](O)[C@@H](CO)O2)nc1C(F)(F)F. The normalized spacial score (nSPS) is 26.9. The lowest BCUT2D eigenvalue weighted by Crippen LogP contribution is -2.39. The van der Waals surface area contributed by atoms with Gasteiger partial charge in [0.15, 0.2) is 6.23 Å². The summed E-state index contributed by atoms with van der Waals surface area (Å²) in [5, 5.41) is 21.3. The Morgan fingerprint density at radius 3 is 2.60 bits per heavy atom. The fraction of sp³-hybridized carbons (Fsp3) is 0.667. The summed E-state index contributed by atoms with van der Waals surface area (Å²) in [5.74, 6) is 0. The molecule has 0 spiro atoms. The van der Waals surface area contributed by atoms with E-state index >= 15 is 0 Å². The highest BCUT2D eigenvalue weighted by Gasteiger charge is 2.40. The van der Waals surface area contributed by atoms with Gasteiger partial charge in [0.1, 0.15) is 6.10 Å². The van der Waals surface area contributed by atoms with Crippen molar-refractivity contribution < 1.29 is 28.1 Å². The minimum atomic E-state index is -5.03. The molecule has 1 aromatic heterocycles. The second-order valence-electron chi connectivity index (χ2n) is 4.17. The van der Waals surface area contributed by atoms with Gasteiger partial charge in [-0.2, -0.15) is 23.0 Å². The van der Waals surface area contributed by atoms with E-state index < -0.39 is 48.2 Å². The lowest BCUT2D eigenvalue weighted by Gasteiger charge is -2.14. The zero-order chi connectivity index (χ0) is 15.1. The topological polar surface area (TPSA) is 117 Å². The third kappa shape index (κ3) is 2.59. The summed E-state index contributed by atoms with van der Waals surface area (Å²) in [6.45, 7) is -0.568. The molecule has 11 heteroatoms. The molecule has 3 N–H and O–H groups in total. The Bertz CT molecular complexity index is 610. The van der Waals surface area contributed by atoms with Gasteiger partial charge in [-0.05, 0) is 0 Å². The van der Waals surface area contributed by atoms with Crippen LogP contribution < -0.4 is 11.2 Å². The molecule has 0 amide bonds. The summed E-state index contributed by atoms with van der Waals surface area (Å²) < 4.78 is 42.9. The zero-order valence-corrected chi connectivity index (χ0v) is 9.79. The van der Waals surface area contributed by atoms with Crippen LogP contribution >= 0.6 is 0 Å². The first kappa shape index (κ1) is 14.7. The Labute approximate surface area is 108 Å². The second kappa shape index (κ2) is 5.00. The van der Waals surface area contributed by atoms with Crippen LogP contribution in [0.5, 0.6) is 0 Å². The van der Waals surface area contributed by atoms with E-state index in [9.17, 15) is 27.9 Å². The van der Waals surface area contributed by atoms with E-state index in [4.69, 9.17) is 9.84 Å². The van der Waals surface area contributed by atoms with E-state index in [-0.39, 0.29) is 6.42 Å². The Hall–Kier alpha value is -1.72. The number of nitrogens with zero attached hydrogens (tertiary/aromatic N) is 2. The van der Waals surface area contributed by atoms with Crippen LogP contribution in [0.4, 0.5) is 13.2 Å². The molecule has 0 saturated carbocycles. The molecule has 1 aromatic rings. The van der Waals surface area contributed by atoms with Crippen molar-refractivity contribution in [3.05, 3.63) is 26.5 Å². The Morgan fingerprint density at radius 1 is 1.45 bits per heavy atom. The monoisotopic (exact) mass is 297 g/mol. The Morgan fingerprint density at radius 2 is 2.10 bits per heavy atom. The number of aliphatic hydroxyl groups is 2. The van der Waals surface area contributed by atoms with Crippen molar-refractivity contribution in [3.63, 3.8) is 0 Å². The molecule has 2 heterocycles. The summed E-state index contributed by atoms with van der Waals surface area (Å²) >= 11 is 0. The molecule has 1 fully saturated rings. The molecule has 1 saturated heterocycles. The summed E-state index contributed by atoms with van der Waals surface area (Å²) in [5.41, 5.74) is -4.64. The van der Waals surface area contributed by atoms with Gasteiger partial charge in [-0.3, -0.25) is 9.78 Å². The second-order valence-corrected chi connectivity index (χ2v) is 4.17. The van der Waals surface area contributed by atoms with Gasteiger partial charge in [0.25, 0.3) is 5.56 Å². The van der Waals surface area contributed by atoms with Crippen molar-refractivity contribution in [2.24, 2.45) is 0 Å². The Kier molecular flexibility index (Phi) is 3.67. The maximum atomic E-state index is 12.5. The zero-order valence-electron chi connectivity index (χ0n) is 9.79. The number of aromatic amines is 1. The molecule has 1 unspecified atom stereocenters. The highest BCUT2D eigenvalue weighted by atomic mass is 19.4. The number of hydrogen-bond acceptors (Lipinski definition) is 6. The maximum Gasteiger partial charge on any atom is 0.440 e. The lowest BCUT2D eigenvalue weighted by molar-refractivity contribution is -0.144. The first-order valence-electron chi connectivity index (χ1n) is 5.48. The summed E-state index contributed by atoms with van der Waals surface area (Å²) in [7, 11) is 0. The van der Waals surface area contributed by atoms with Crippen molar-refractivity contribution in [1.29, 1.82) is 0 Å². The van der Waals surface area contributed by atoms with Crippen LogP contribution in [0.15, 0.2) is 9.59 Å². The summed E-state index contributed by atoms with van der Waals surface area (Å²) in [6.07, 6.45) is -8.75. The number of H-pyrrole nitrogens is 1. The molecule has 1 aliphatic heterocycles. The molecule has 2 rings (SSSR count). The van der Waals surface area contributed by atoms with E-state index in [1.165, 1.54) is 4.98 Å². The van der Waals surface area contributed by atoms with Crippen LogP contribution in [0.2, 0.25) is 0 Å². The van der Waals surface area contributed by atoms with Crippen molar-refractivity contribution >= 4 is 0 Å². The van der Waals surface area contributed by atoms with Crippen LogP contribution in [0, 0.1) is 0 Å². The third-order valence-corrected chi connectivity index (χ3v) is 2.78. The predicted octanol–water partition coefficient (Wildman–Crippen LogP) is -1.41. The van der Waals surface area contributed by atoms with Gasteiger partial charge in [-0.1, -0.05) is 0 Å². The van der Waals surface area contributed by atoms with E-state index in [2.05, 4.69) is 5.10 Å². The fourth-order valence-electron chi connectivity index (χ4n) is 1.82. The van der Waals surface area contributed by atoms with Gasteiger partial charge in [-0.15, -0.1) is 0 Å². The minimum absolute atomic E-state index is 0.235. The molecule has 0 bridgehead atoms. The van der Waals surface area contributed by atoms with Crippen molar-refractivity contribution in [1.82, 2.24) is 14.8 Å². The van der Waals surface area contributed by atoms with E-state index in [0.717, 1.165) is 0 Å². The molecular weight excluding hydrogens is 287 g/mol. The summed E-state index contributed by atoms with van der Waals surface area (Å²) in [6, 6.07) is 0. The van der Waals surface area contributed by atoms with Crippen LogP contribution in [0.3, 0.4) is 0 Å². The quantitative estimate of drug-likeness (QED) is 0.617. The number of nitrogens with one attached hydrogen (secondary N) is 1. The van der Waals surface area contributed by atoms with Crippen LogP contribution in [-0.2, 0) is 10.9 Å². The first-order chi connectivity index (χ1) is 9.24. The number of aliphatic hydroxyl groups excluding tert-OH is 2. The molecular formula is C9H10F3N3O5. The number of halogens is 3. The number of rotatable bonds is 2. The lowest BCUT2D eigenvalue weighted by atomic mass is 10.2. The molecule has 20 heavy (non-hydrogen) atoms. The van der Waals surface area contributed by atoms with Gasteiger partial charge < -0.3 is 14.9 Å². The fourth-order valence-corrected chi connectivity index (χ4v) is 1.82. The predicted molar refractivity (Wildman–Crippen MR) is 55.7 cm³/mol. The van der Waals surface area contributed by atoms with Crippen LogP contribution in [-0.4, -0.2) is 43.8 Å². The maximum absolute atomic E-state index is 12.5. The standard InChI is InChI=1S/C9H10F3N3O5/c10-9(11,12)6-7(18)13-8(19)15(14-6)5-1-3(17)4(2-16)20-5/h3-5,16-17H,1-2H2,(H,13,18,19)/t3-,4+,5?/m0/s1. The van der Waals surface area contributed by atoms with E-state index in [0.29, 0.717) is 4.68 Å². The first-order valence-corrected chi connectivity index (χ1v) is 5.48. The van der Waals surface area contributed by atoms with Crippen molar-refractivity contribution in [2.45, 2.75) is 31.0 Å². The molecule has 1 aliphatic rings. The molecule has 112 valence electrons. The number of hydrogen-bond donors (Lipinski definition) is 3. The number of ether oxygens (including phenoxy) is 1. The largest absolute Gasteiger partial charge is 0.440 e. The highest BCUT2D eigenvalue weighted by molar-refractivity contribution is 4.98. The van der Waals surface area contributed by atoms with Crippen molar-refractivity contribution in [2.75, 3.05) is 6.61 Å². The molecule has 0 aliphatic carbocycles. The molecule has 3 atom stereocenters. The minimum Gasteiger partial charge on any atom is -0.394 e. The number of alkyl halides is 3. The Balaban J connectivity index is 2.43. The van der Waals surface area contributed by atoms with Gasteiger partial charge in [0, 0.05) is 6.42 Å². The van der Waals surface area contributed by atoms with Gasteiger partial charge in [-0.25, -0.2) is 4.79 Å². The molecule has 8 nitrogen and oxygen atoms in total. The van der Waals surface area contributed by atoms with E-state index in [1.54, 1.807) is 0 Å². The van der Waals surface area contributed by atoms with Gasteiger partial charge >= 0.3 is 11.9 Å². The van der Waals surface area contributed by atoms with Gasteiger partial charge in [0.2, 0.25) is 5.69 Å². The molecule has 0 radical (unpaired) electrons.